The summed E-state index contributed by atoms with van der Waals surface area (Å²) in [6, 6.07) is 0. The smallest absolute Gasteiger partial charge is 0.223 e. The number of ketones is 1. The van der Waals surface area contributed by atoms with E-state index in [-0.39, 0.29) is 17.6 Å². The molecule has 0 aromatic carbocycles. The Morgan fingerprint density at radius 2 is 1.40 bits per heavy atom. The average Bonchev–Trinajstić information content (AvgIpc) is 2.68. The van der Waals surface area contributed by atoms with E-state index in [1.807, 2.05) is 4.90 Å². The molecule has 0 N–H and O–H groups in total. The fourth-order valence-electron chi connectivity index (χ4n) is 2.34. The van der Waals surface area contributed by atoms with Gasteiger partial charge in [-0.05, 0) is 19.8 Å². The van der Waals surface area contributed by atoms with Crippen molar-refractivity contribution in [2.75, 3.05) is 26.2 Å². The maximum atomic E-state index is 12.0. The summed E-state index contributed by atoms with van der Waals surface area (Å²) >= 11 is 0. The monoisotopic (exact) mass is 282 g/mol. The van der Waals surface area contributed by atoms with Gasteiger partial charge in [-0.15, -0.1) is 0 Å². The first-order valence-electron chi connectivity index (χ1n) is 7.59. The molecule has 20 heavy (non-hydrogen) atoms. The van der Waals surface area contributed by atoms with Crippen molar-refractivity contribution in [3.8, 4) is 0 Å². The lowest BCUT2D eigenvalue weighted by Crippen LogP contribution is -2.37. The molecule has 1 saturated heterocycles. The minimum absolute atomic E-state index is 0.0306. The number of nitrogens with zero attached hydrogens (tertiary/aromatic N) is 2. The van der Waals surface area contributed by atoms with Crippen LogP contribution in [0.3, 0.4) is 0 Å². The predicted molar refractivity (Wildman–Crippen MR) is 77.2 cm³/mol. The molecule has 0 saturated carbocycles. The zero-order valence-corrected chi connectivity index (χ0v) is 12.7. The number of carbonyl (C=O) groups excluding carboxylic acids is 3. The van der Waals surface area contributed by atoms with Gasteiger partial charge in [-0.1, -0.05) is 13.3 Å². The van der Waals surface area contributed by atoms with E-state index in [1.54, 1.807) is 4.90 Å². The highest BCUT2D eigenvalue weighted by atomic mass is 16.2. The Kier molecular flexibility index (Phi) is 7.26. The maximum Gasteiger partial charge on any atom is 0.223 e. The van der Waals surface area contributed by atoms with Gasteiger partial charge in [-0.3, -0.25) is 9.59 Å². The Hall–Kier alpha value is -1.39. The Morgan fingerprint density at radius 3 is 1.90 bits per heavy atom. The lowest BCUT2D eigenvalue weighted by Gasteiger charge is -2.22. The molecular weight excluding hydrogens is 256 g/mol. The van der Waals surface area contributed by atoms with Crippen LogP contribution in [-0.4, -0.2) is 53.6 Å². The van der Waals surface area contributed by atoms with Gasteiger partial charge in [0.1, 0.15) is 5.78 Å². The first-order chi connectivity index (χ1) is 9.54. The molecule has 0 aromatic rings. The molecule has 1 aliphatic rings. The molecule has 0 spiro atoms. The van der Waals surface area contributed by atoms with Gasteiger partial charge < -0.3 is 14.6 Å². The summed E-state index contributed by atoms with van der Waals surface area (Å²) in [7, 11) is 0. The minimum Gasteiger partial charge on any atom is -0.341 e. The number of unbranched alkanes of at least 4 members (excludes halogenated alkanes) is 1. The van der Waals surface area contributed by atoms with Crippen LogP contribution in [0.25, 0.3) is 0 Å². The average molecular weight is 282 g/mol. The molecule has 0 bridgehead atoms. The van der Waals surface area contributed by atoms with Crippen molar-refractivity contribution in [1.29, 1.82) is 0 Å². The van der Waals surface area contributed by atoms with Gasteiger partial charge >= 0.3 is 0 Å². The number of hydrogen-bond acceptors (Lipinski definition) is 3. The van der Waals surface area contributed by atoms with Gasteiger partial charge in [-0.2, -0.15) is 0 Å². The first-order valence-corrected chi connectivity index (χ1v) is 7.59. The molecule has 1 aliphatic heterocycles. The summed E-state index contributed by atoms with van der Waals surface area (Å²) in [5, 5.41) is 0. The SMILES string of the molecule is CCCCC(=O)N1CCCN(C(=O)CCC(C)=O)CC1. The fourth-order valence-corrected chi connectivity index (χ4v) is 2.34. The molecule has 0 radical (unpaired) electrons. The topological polar surface area (TPSA) is 57.7 Å². The largest absolute Gasteiger partial charge is 0.341 e. The highest BCUT2D eigenvalue weighted by molar-refractivity contribution is 5.83. The van der Waals surface area contributed by atoms with E-state index in [0.717, 1.165) is 25.8 Å². The van der Waals surface area contributed by atoms with Crippen LogP contribution in [0.4, 0.5) is 0 Å². The zero-order valence-electron chi connectivity index (χ0n) is 12.7. The summed E-state index contributed by atoms with van der Waals surface area (Å²) in [4.78, 5) is 38.5. The van der Waals surface area contributed by atoms with Gasteiger partial charge in [0, 0.05) is 45.4 Å². The summed E-state index contributed by atoms with van der Waals surface area (Å²) < 4.78 is 0. The van der Waals surface area contributed by atoms with Crippen molar-refractivity contribution in [2.45, 2.75) is 52.4 Å². The second kappa shape index (κ2) is 8.72. The molecule has 0 aromatic heterocycles. The van der Waals surface area contributed by atoms with Crippen molar-refractivity contribution in [2.24, 2.45) is 0 Å². The van der Waals surface area contributed by atoms with Crippen LogP contribution in [0.15, 0.2) is 0 Å². The molecular formula is C15H26N2O3. The standard InChI is InChI=1S/C15H26N2O3/c1-3-4-6-14(19)16-9-5-10-17(12-11-16)15(20)8-7-13(2)18/h3-12H2,1-2H3. The van der Waals surface area contributed by atoms with Crippen molar-refractivity contribution in [3.05, 3.63) is 0 Å². The van der Waals surface area contributed by atoms with Crippen LogP contribution in [-0.2, 0) is 14.4 Å². The van der Waals surface area contributed by atoms with E-state index in [0.29, 0.717) is 38.9 Å². The van der Waals surface area contributed by atoms with Crippen LogP contribution in [0.5, 0.6) is 0 Å². The van der Waals surface area contributed by atoms with Gasteiger partial charge in [0.2, 0.25) is 11.8 Å². The number of hydrogen-bond donors (Lipinski definition) is 0. The van der Waals surface area contributed by atoms with Crippen LogP contribution in [0, 0.1) is 0 Å². The van der Waals surface area contributed by atoms with E-state index in [2.05, 4.69) is 6.92 Å². The highest BCUT2D eigenvalue weighted by Gasteiger charge is 2.21. The van der Waals surface area contributed by atoms with E-state index < -0.39 is 0 Å². The van der Waals surface area contributed by atoms with Crippen molar-refractivity contribution < 1.29 is 14.4 Å². The minimum atomic E-state index is 0.0306. The summed E-state index contributed by atoms with van der Waals surface area (Å²) in [6.07, 6.45) is 3.98. The quantitative estimate of drug-likeness (QED) is 0.743. The Balaban J connectivity index is 2.40. The number of amides is 2. The van der Waals surface area contributed by atoms with Gasteiger partial charge in [-0.25, -0.2) is 0 Å². The third kappa shape index (κ3) is 5.72. The van der Waals surface area contributed by atoms with Gasteiger partial charge in [0.05, 0.1) is 0 Å². The Labute approximate surface area is 121 Å². The van der Waals surface area contributed by atoms with Gasteiger partial charge in [0.25, 0.3) is 0 Å². The third-order valence-corrected chi connectivity index (χ3v) is 3.64. The fraction of sp³-hybridized carbons (Fsp3) is 0.800. The lowest BCUT2D eigenvalue weighted by atomic mass is 10.2. The Morgan fingerprint density at radius 1 is 0.850 bits per heavy atom. The number of rotatable bonds is 6. The summed E-state index contributed by atoms with van der Waals surface area (Å²) in [6.45, 7) is 6.21. The Bertz CT molecular complexity index is 355. The van der Waals surface area contributed by atoms with Gasteiger partial charge in [0.15, 0.2) is 0 Å². The summed E-state index contributed by atoms with van der Waals surface area (Å²) in [5.74, 6) is 0.275. The van der Waals surface area contributed by atoms with E-state index >= 15 is 0 Å². The molecule has 5 nitrogen and oxygen atoms in total. The second-order valence-electron chi connectivity index (χ2n) is 5.42. The highest BCUT2D eigenvalue weighted by Crippen LogP contribution is 2.09. The number of Topliss-reactive ketones (excluding diaryl/α,β-unsaturated/α-hetero) is 1. The molecule has 0 atom stereocenters. The van der Waals surface area contributed by atoms with Crippen LogP contribution < -0.4 is 0 Å². The molecule has 5 heteroatoms. The molecule has 2 amide bonds. The summed E-state index contributed by atoms with van der Waals surface area (Å²) in [5.41, 5.74) is 0. The normalized spacial score (nSPS) is 15.9. The number of carbonyl (C=O) groups is 3. The molecule has 1 heterocycles. The maximum absolute atomic E-state index is 12.0. The molecule has 0 unspecified atom stereocenters. The molecule has 0 aliphatic carbocycles. The first kappa shape index (κ1) is 16.7. The van der Waals surface area contributed by atoms with Crippen molar-refractivity contribution in [1.82, 2.24) is 9.80 Å². The van der Waals surface area contributed by atoms with Crippen LogP contribution >= 0.6 is 0 Å². The van der Waals surface area contributed by atoms with Crippen molar-refractivity contribution in [3.63, 3.8) is 0 Å². The molecule has 114 valence electrons. The lowest BCUT2D eigenvalue weighted by molar-refractivity contribution is -0.134. The van der Waals surface area contributed by atoms with E-state index in [4.69, 9.17) is 0 Å². The van der Waals surface area contributed by atoms with E-state index in [9.17, 15) is 14.4 Å². The third-order valence-electron chi connectivity index (χ3n) is 3.64. The molecule has 1 rings (SSSR count). The predicted octanol–water partition coefficient (Wildman–Crippen LogP) is 1.61. The van der Waals surface area contributed by atoms with Crippen molar-refractivity contribution >= 4 is 17.6 Å². The second-order valence-corrected chi connectivity index (χ2v) is 5.42. The van der Waals surface area contributed by atoms with Crippen LogP contribution in [0.2, 0.25) is 0 Å². The van der Waals surface area contributed by atoms with E-state index in [1.165, 1.54) is 6.92 Å². The molecule has 1 fully saturated rings. The van der Waals surface area contributed by atoms with Crippen LogP contribution in [0.1, 0.15) is 52.4 Å². The zero-order chi connectivity index (χ0) is 15.0.